The van der Waals surface area contributed by atoms with Crippen molar-refractivity contribution < 1.29 is 4.74 Å². The van der Waals surface area contributed by atoms with Crippen LogP contribution in [0.1, 0.15) is 18.1 Å². The van der Waals surface area contributed by atoms with Crippen molar-refractivity contribution in [2.24, 2.45) is 0 Å². The number of anilines is 1. The van der Waals surface area contributed by atoms with Gasteiger partial charge in [-0.15, -0.1) is 0 Å². The number of halogens is 1. The molecule has 0 aromatic carbocycles. The van der Waals surface area contributed by atoms with Crippen LogP contribution in [0.4, 0.5) is 5.82 Å². The van der Waals surface area contributed by atoms with Gasteiger partial charge in [0.05, 0.1) is 6.61 Å². The second-order valence-corrected chi connectivity index (χ2v) is 4.30. The van der Waals surface area contributed by atoms with Crippen LogP contribution in [0.3, 0.4) is 0 Å². The molecule has 1 rings (SSSR count). The molecule has 0 N–H and O–H groups in total. The highest BCUT2D eigenvalue weighted by atomic mass is 79.9. The monoisotopic (exact) mass is 286 g/mol. The molecular weight excluding hydrogens is 268 g/mol. The minimum Gasteiger partial charge on any atom is -0.380 e. The first kappa shape index (κ1) is 13.5. The lowest BCUT2D eigenvalue weighted by Crippen LogP contribution is -2.24. The standard InChI is InChI=1S/C12H19BrN2O/c1-4-16-6-5-15(3)12-10(2)7-11(8-13)9-14-12/h7,9H,4-6,8H2,1-3H3. The molecule has 0 bridgehead atoms. The Bertz CT molecular complexity index is 331. The molecule has 3 nitrogen and oxygen atoms in total. The van der Waals surface area contributed by atoms with Crippen LogP contribution in [-0.4, -0.2) is 31.8 Å². The number of rotatable bonds is 6. The van der Waals surface area contributed by atoms with Crippen molar-refractivity contribution in [2.75, 3.05) is 31.7 Å². The summed E-state index contributed by atoms with van der Waals surface area (Å²) in [4.78, 5) is 6.60. The first-order valence-corrected chi connectivity index (χ1v) is 6.61. The van der Waals surface area contributed by atoms with Gasteiger partial charge >= 0.3 is 0 Å². The van der Waals surface area contributed by atoms with Crippen LogP contribution in [0.15, 0.2) is 12.3 Å². The fourth-order valence-electron chi connectivity index (χ4n) is 1.55. The number of pyridine rings is 1. The summed E-state index contributed by atoms with van der Waals surface area (Å²) in [6, 6.07) is 2.16. The Hall–Kier alpha value is -0.610. The summed E-state index contributed by atoms with van der Waals surface area (Å²) >= 11 is 3.43. The maximum atomic E-state index is 5.33. The van der Waals surface area contributed by atoms with Gasteiger partial charge in [0.2, 0.25) is 0 Å². The van der Waals surface area contributed by atoms with E-state index in [9.17, 15) is 0 Å². The Morgan fingerprint density at radius 3 is 2.81 bits per heavy atom. The number of hydrogen-bond acceptors (Lipinski definition) is 3. The first-order valence-electron chi connectivity index (χ1n) is 5.49. The van der Waals surface area contributed by atoms with Crippen LogP contribution < -0.4 is 4.90 Å². The van der Waals surface area contributed by atoms with Crippen LogP contribution in [0, 0.1) is 6.92 Å². The Balaban J connectivity index is 2.64. The van der Waals surface area contributed by atoms with Crippen molar-refractivity contribution in [1.29, 1.82) is 0 Å². The molecule has 0 spiro atoms. The van der Waals surface area contributed by atoms with Crippen molar-refractivity contribution in [3.8, 4) is 0 Å². The molecule has 0 fully saturated rings. The summed E-state index contributed by atoms with van der Waals surface area (Å²) in [5, 5.41) is 0.851. The molecular formula is C12H19BrN2O. The largest absolute Gasteiger partial charge is 0.380 e. The van der Waals surface area contributed by atoms with Gasteiger partial charge < -0.3 is 9.64 Å². The molecule has 1 heterocycles. The van der Waals surface area contributed by atoms with E-state index in [-0.39, 0.29) is 0 Å². The molecule has 0 unspecified atom stereocenters. The maximum Gasteiger partial charge on any atom is 0.131 e. The van der Waals surface area contributed by atoms with Gasteiger partial charge in [0, 0.05) is 31.7 Å². The van der Waals surface area contributed by atoms with Gasteiger partial charge in [0.25, 0.3) is 0 Å². The van der Waals surface area contributed by atoms with Gasteiger partial charge in [-0.25, -0.2) is 4.98 Å². The maximum absolute atomic E-state index is 5.33. The number of aromatic nitrogens is 1. The number of nitrogens with zero attached hydrogens (tertiary/aromatic N) is 2. The minimum absolute atomic E-state index is 0.744. The van der Waals surface area contributed by atoms with Crippen molar-refractivity contribution in [3.05, 3.63) is 23.4 Å². The smallest absolute Gasteiger partial charge is 0.131 e. The summed E-state index contributed by atoms with van der Waals surface area (Å²) in [5.41, 5.74) is 2.41. The van der Waals surface area contributed by atoms with E-state index in [4.69, 9.17) is 4.74 Å². The zero-order valence-corrected chi connectivity index (χ0v) is 11.7. The summed E-state index contributed by atoms with van der Waals surface area (Å²) in [6.07, 6.45) is 1.91. The van der Waals surface area contributed by atoms with Gasteiger partial charge in [0.15, 0.2) is 0 Å². The van der Waals surface area contributed by atoms with Crippen molar-refractivity contribution in [2.45, 2.75) is 19.2 Å². The van der Waals surface area contributed by atoms with E-state index in [1.165, 1.54) is 11.1 Å². The summed E-state index contributed by atoms with van der Waals surface area (Å²) < 4.78 is 5.33. The molecule has 1 aromatic rings. The summed E-state index contributed by atoms with van der Waals surface area (Å²) in [5.74, 6) is 1.03. The van der Waals surface area contributed by atoms with Crippen LogP contribution in [-0.2, 0) is 10.1 Å². The molecule has 0 saturated carbocycles. The first-order chi connectivity index (χ1) is 7.69. The molecule has 0 saturated heterocycles. The number of aryl methyl sites for hydroxylation is 1. The van der Waals surface area contributed by atoms with Crippen LogP contribution in [0.5, 0.6) is 0 Å². The molecule has 1 aromatic heterocycles. The summed E-state index contributed by atoms with van der Waals surface area (Å²) in [6.45, 7) is 6.48. The molecule has 4 heteroatoms. The predicted molar refractivity (Wildman–Crippen MR) is 71.4 cm³/mol. The van der Waals surface area contributed by atoms with Crippen molar-refractivity contribution >= 4 is 21.7 Å². The molecule has 0 atom stereocenters. The highest BCUT2D eigenvalue weighted by Gasteiger charge is 2.06. The third-order valence-electron chi connectivity index (χ3n) is 2.40. The quantitative estimate of drug-likeness (QED) is 0.594. The molecule has 0 aliphatic heterocycles. The summed E-state index contributed by atoms with van der Waals surface area (Å²) in [7, 11) is 2.04. The number of alkyl halides is 1. The SMILES string of the molecule is CCOCCN(C)c1ncc(CBr)cc1C. The van der Waals surface area contributed by atoms with Gasteiger partial charge in [-0.05, 0) is 25.0 Å². The van der Waals surface area contributed by atoms with E-state index >= 15 is 0 Å². The fourth-order valence-corrected chi connectivity index (χ4v) is 1.86. The van der Waals surface area contributed by atoms with Gasteiger partial charge in [-0.3, -0.25) is 0 Å². The molecule has 90 valence electrons. The Morgan fingerprint density at radius 1 is 1.50 bits per heavy atom. The average Bonchev–Trinajstić information content (AvgIpc) is 2.29. The van der Waals surface area contributed by atoms with E-state index in [1.54, 1.807) is 0 Å². The molecule has 16 heavy (non-hydrogen) atoms. The van der Waals surface area contributed by atoms with Gasteiger partial charge in [-0.2, -0.15) is 0 Å². The van der Waals surface area contributed by atoms with Gasteiger partial charge in [-0.1, -0.05) is 22.0 Å². The van der Waals surface area contributed by atoms with E-state index in [0.29, 0.717) is 0 Å². The average molecular weight is 287 g/mol. The topological polar surface area (TPSA) is 25.4 Å². The van der Waals surface area contributed by atoms with E-state index in [2.05, 4.69) is 38.8 Å². The Labute approximate surface area is 106 Å². The molecule has 0 amide bonds. The highest BCUT2D eigenvalue weighted by Crippen LogP contribution is 2.17. The normalized spacial score (nSPS) is 10.5. The fraction of sp³-hybridized carbons (Fsp3) is 0.583. The zero-order valence-electron chi connectivity index (χ0n) is 10.2. The number of hydrogen-bond donors (Lipinski definition) is 0. The second kappa shape index (κ2) is 6.86. The van der Waals surface area contributed by atoms with Crippen LogP contribution in [0.25, 0.3) is 0 Å². The minimum atomic E-state index is 0.744. The van der Waals surface area contributed by atoms with E-state index in [0.717, 1.165) is 30.9 Å². The lowest BCUT2D eigenvalue weighted by molar-refractivity contribution is 0.154. The lowest BCUT2D eigenvalue weighted by atomic mass is 10.2. The predicted octanol–water partition coefficient (Wildman–Crippen LogP) is 2.76. The van der Waals surface area contributed by atoms with Gasteiger partial charge in [0.1, 0.15) is 5.82 Å². The highest BCUT2D eigenvalue weighted by molar-refractivity contribution is 9.08. The van der Waals surface area contributed by atoms with Crippen molar-refractivity contribution in [1.82, 2.24) is 4.98 Å². The molecule has 0 aliphatic rings. The zero-order chi connectivity index (χ0) is 12.0. The number of ether oxygens (including phenoxy) is 1. The van der Waals surface area contributed by atoms with Crippen LogP contribution in [0.2, 0.25) is 0 Å². The lowest BCUT2D eigenvalue weighted by Gasteiger charge is -2.20. The van der Waals surface area contributed by atoms with Crippen LogP contribution >= 0.6 is 15.9 Å². The molecule has 0 aliphatic carbocycles. The number of likely N-dealkylation sites (N-methyl/N-ethyl adjacent to an activating group) is 1. The van der Waals surface area contributed by atoms with E-state index < -0.39 is 0 Å². The third-order valence-corrected chi connectivity index (χ3v) is 3.05. The molecule has 0 radical (unpaired) electrons. The Morgan fingerprint density at radius 2 is 2.25 bits per heavy atom. The third kappa shape index (κ3) is 3.76. The second-order valence-electron chi connectivity index (χ2n) is 3.74. The van der Waals surface area contributed by atoms with E-state index in [1.807, 2.05) is 20.2 Å². The Kier molecular flexibility index (Phi) is 5.77. The van der Waals surface area contributed by atoms with Crippen molar-refractivity contribution in [3.63, 3.8) is 0 Å².